The van der Waals surface area contributed by atoms with Crippen molar-refractivity contribution in [2.75, 3.05) is 13.1 Å². The minimum atomic E-state index is -0.944. The van der Waals surface area contributed by atoms with Crippen molar-refractivity contribution in [3.05, 3.63) is 28.4 Å². The molecule has 9 heteroatoms. The van der Waals surface area contributed by atoms with Crippen LogP contribution >= 0.6 is 0 Å². The Kier molecular flexibility index (Phi) is 4.46. The maximum Gasteiger partial charge on any atom is 0.410 e. The van der Waals surface area contributed by atoms with Crippen molar-refractivity contribution < 1.29 is 24.0 Å². The summed E-state index contributed by atoms with van der Waals surface area (Å²) in [6.45, 7) is 7.11. The van der Waals surface area contributed by atoms with Gasteiger partial charge in [-0.2, -0.15) is 0 Å². The van der Waals surface area contributed by atoms with E-state index in [1.54, 1.807) is 27.7 Å². The quantitative estimate of drug-likeness (QED) is 0.472. The van der Waals surface area contributed by atoms with Crippen molar-refractivity contribution in [1.82, 2.24) is 9.88 Å². The number of hydrogen-bond acceptors (Lipinski definition) is 7. The van der Waals surface area contributed by atoms with Crippen molar-refractivity contribution in [3.8, 4) is 5.75 Å². The number of rotatable bonds is 3. The third-order valence-corrected chi connectivity index (χ3v) is 3.35. The van der Waals surface area contributed by atoms with Crippen molar-refractivity contribution >= 4 is 17.9 Å². The highest BCUT2D eigenvalue weighted by molar-refractivity contribution is 5.83. The van der Waals surface area contributed by atoms with Crippen LogP contribution in [-0.4, -0.2) is 45.6 Å². The van der Waals surface area contributed by atoms with Crippen molar-refractivity contribution in [1.29, 1.82) is 0 Å². The molecule has 9 nitrogen and oxygen atoms in total. The highest BCUT2D eigenvalue weighted by Gasteiger charge is 2.50. The van der Waals surface area contributed by atoms with Gasteiger partial charge in [-0.15, -0.1) is 0 Å². The standard InChI is InChI=1S/C15H19N3O6/c1-14(2,3)24-13(20)17-8-15(4,9-17)12(19)23-10-6-5-7-16-11(10)18(21)22/h5-7H,8-9H2,1-4H3. The van der Waals surface area contributed by atoms with E-state index in [0.717, 1.165) is 0 Å². The highest BCUT2D eigenvalue weighted by atomic mass is 16.6. The van der Waals surface area contributed by atoms with E-state index >= 15 is 0 Å². The second-order valence-electron chi connectivity index (χ2n) is 6.87. The fourth-order valence-electron chi connectivity index (χ4n) is 2.20. The second-order valence-corrected chi connectivity index (χ2v) is 6.87. The number of carbonyl (C=O) groups excluding carboxylic acids is 2. The van der Waals surface area contributed by atoms with Crippen LogP contribution in [0.2, 0.25) is 0 Å². The molecule has 1 fully saturated rings. The molecule has 0 unspecified atom stereocenters. The molecule has 1 amide bonds. The molecule has 1 saturated heterocycles. The first-order chi connectivity index (χ1) is 11.0. The highest BCUT2D eigenvalue weighted by Crippen LogP contribution is 2.34. The molecule has 1 aliphatic rings. The number of ether oxygens (including phenoxy) is 2. The number of pyridine rings is 1. The molecule has 2 rings (SSSR count). The zero-order valence-corrected chi connectivity index (χ0v) is 13.9. The average molecular weight is 337 g/mol. The van der Waals surface area contributed by atoms with Gasteiger partial charge in [0.1, 0.15) is 17.2 Å². The third kappa shape index (κ3) is 3.79. The summed E-state index contributed by atoms with van der Waals surface area (Å²) in [6, 6.07) is 2.74. The topological polar surface area (TPSA) is 112 Å². The zero-order chi connectivity index (χ0) is 18.1. The van der Waals surface area contributed by atoms with Gasteiger partial charge in [-0.3, -0.25) is 4.79 Å². The second kappa shape index (κ2) is 6.06. The molecule has 0 spiro atoms. The van der Waals surface area contributed by atoms with Crippen LogP contribution in [0.25, 0.3) is 0 Å². The van der Waals surface area contributed by atoms with Gasteiger partial charge in [0, 0.05) is 13.1 Å². The summed E-state index contributed by atoms with van der Waals surface area (Å²) in [4.78, 5) is 39.3. The number of nitro groups is 1. The number of aromatic nitrogens is 1. The van der Waals surface area contributed by atoms with Crippen molar-refractivity contribution in [2.24, 2.45) is 5.41 Å². The number of likely N-dealkylation sites (tertiary alicyclic amines) is 1. The van der Waals surface area contributed by atoms with Crippen LogP contribution in [-0.2, 0) is 9.53 Å². The first-order valence-electron chi connectivity index (χ1n) is 7.31. The minimum Gasteiger partial charge on any atom is -0.444 e. The lowest BCUT2D eigenvalue weighted by Crippen LogP contribution is -2.62. The normalized spacial score (nSPS) is 16.1. The largest absolute Gasteiger partial charge is 0.444 e. The monoisotopic (exact) mass is 337 g/mol. The van der Waals surface area contributed by atoms with Crippen LogP contribution in [0.3, 0.4) is 0 Å². The zero-order valence-electron chi connectivity index (χ0n) is 13.9. The van der Waals surface area contributed by atoms with Gasteiger partial charge in [-0.1, -0.05) is 0 Å². The van der Waals surface area contributed by atoms with E-state index in [1.807, 2.05) is 0 Å². The number of esters is 1. The van der Waals surface area contributed by atoms with E-state index in [0.29, 0.717) is 0 Å². The number of hydrogen-bond donors (Lipinski definition) is 0. The minimum absolute atomic E-state index is 0.120. The summed E-state index contributed by atoms with van der Waals surface area (Å²) in [5.41, 5.74) is -1.57. The summed E-state index contributed by atoms with van der Waals surface area (Å²) in [5.74, 6) is -1.40. The fraction of sp³-hybridized carbons (Fsp3) is 0.533. The summed E-state index contributed by atoms with van der Waals surface area (Å²) in [5, 5.41) is 10.9. The number of nitrogens with zero attached hydrogens (tertiary/aromatic N) is 3. The molecule has 0 aromatic carbocycles. The molecule has 0 atom stereocenters. The van der Waals surface area contributed by atoms with Crippen LogP contribution in [0.4, 0.5) is 10.6 Å². The van der Waals surface area contributed by atoms with E-state index in [2.05, 4.69) is 4.98 Å². The van der Waals surface area contributed by atoms with Gasteiger partial charge in [-0.05, 0) is 49.7 Å². The molecule has 130 valence electrons. The Hall–Kier alpha value is -2.71. The molecule has 1 aromatic rings. The van der Waals surface area contributed by atoms with Gasteiger partial charge < -0.3 is 24.5 Å². The SMILES string of the molecule is CC(C)(C)OC(=O)N1CC(C)(C(=O)Oc2cccnc2[N+](=O)[O-])C1. The van der Waals surface area contributed by atoms with E-state index in [4.69, 9.17) is 9.47 Å². The molecule has 1 aliphatic heterocycles. The van der Waals surface area contributed by atoms with E-state index in [9.17, 15) is 19.7 Å². The van der Waals surface area contributed by atoms with Gasteiger partial charge in [0.15, 0.2) is 0 Å². The molecular weight excluding hydrogens is 318 g/mol. The van der Waals surface area contributed by atoms with E-state index in [-0.39, 0.29) is 18.8 Å². The fourth-order valence-corrected chi connectivity index (χ4v) is 2.20. The molecule has 2 heterocycles. The number of carbonyl (C=O) groups is 2. The Morgan fingerprint density at radius 2 is 2.00 bits per heavy atom. The lowest BCUT2D eigenvalue weighted by molar-refractivity contribution is -0.390. The molecule has 0 saturated carbocycles. The Morgan fingerprint density at radius 1 is 1.38 bits per heavy atom. The third-order valence-electron chi connectivity index (χ3n) is 3.35. The lowest BCUT2D eigenvalue weighted by Gasteiger charge is -2.45. The van der Waals surface area contributed by atoms with Gasteiger partial charge in [-0.25, -0.2) is 4.79 Å². The van der Waals surface area contributed by atoms with Crippen LogP contribution in [0.5, 0.6) is 5.75 Å². The van der Waals surface area contributed by atoms with Crippen LogP contribution < -0.4 is 4.74 Å². The molecule has 24 heavy (non-hydrogen) atoms. The van der Waals surface area contributed by atoms with Crippen molar-refractivity contribution in [3.63, 3.8) is 0 Å². The summed E-state index contributed by atoms with van der Waals surface area (Å²) >= 11 is 0. The maximum atomic E-state index is 12.3. The Morgan fingerprint density at radius 3 is 2.54 bits per heavy atom. The molecule has 0 aliphatic carbocycles. The molecular formula is C15H19N3O6. The lowest BCUT2D eigenvalue weighted by atomic mass is 9.82. The van der Waals surface area contributed by atoms with Gasteiger partial charge in [0.2, 0.25) is 5.75 Å². The Labute approximate surface area is 138 Å². The van der Waals surface area contributed by atoms with Crippen LogP contribution in [0.15, 0.2) is 18.3 Å². The molecule has 0 bridgehead atoms. The van der Waals surface area contributed by atoms with Crippen molar-refractivity contribution in [2.45, 2.75) is 33.3 Å². The predicted molar refractivity (Wildman–Crippen MR) is 82.4 cm³/mol. The average Bonchev–Trinajstić information content (AvgIpc) is 2.42. The van der Waals surface area contributed by atoms with Gasteiger partial charge in [0.05, 0.1) is 0 Å². The van der Waals surface area contributed by atoms with E-state index < -0.39 is 33.8 Å². The Balaban J connectivity index is 2.00. The van der Waals surface area contributed by atoms with Gasteiger partial charge >= 0.3 is 17.9 Å². The molecule has 1 aromatic heterocycles. The summed E-state index contributed by atoms with van der Waals surface area (Å²) in [7, 11) is 0. The summed E-state index contributed by atoms with van der Waals surface area (Å²) < 4.78 is 10.3. The van der Waals surface area contributed by atoms with Gasteiger partial charge in [0.25, 0.3) is 0 Å². The van der Waals surface area contributed by atoms with Crippen LogP contribution in [0.1, 0.15) is 27.7 Å². The predicted octanol–water partition coefficient (Wildman–Crippen LogP) is 2.15. The summed E-state index contributed by atoms with van der Waals surface area (Å²) in [6.07, 6.45) is 0.727. The smallest absolute Gasteiger partial charge is 0.410 e. The molecule has 0 radical (unpaired) electrons. The van der Waals surface area contributed by atoms with E-state index in [1.165, 1.54) is 23.2 Å². The van der Waals surface area contributed by atoms with Crippen LogP contribution in [0, 0.1) is 15.5 Å². The first-order valence-corrected chi connectivity index (χ1v) is 7.31. The molecule has 0 N–H and O–H groups in total. The number of amides is 1. The maximum absolute atomic E-state index is 12.3. The Bertz CT molecular complexity index is 676. The first kappa shape index (κ1) is 17.6.